The molecular weight excluding hydrogens is 370 g/mol. The summed E-state index contributed by atoms with van der Waals surface area (Å²) < 4.78 is 5.45. The van der Waals surface area contributed by atoms with Gasteiger partial charge in [-0.2, -0.15) is 0 Å². The average molecular weight is 392 g/mol. The smallest absolute Gasteiger partial charge is 0.270 e. The zero-order chi connectivity index (χ0) is 18.7. The van der Waals surface area contributed by atoms with E-state index in [9.17, 15) is 14.9 Å². The summed E-state index contributed by atoms with van der Waals surface area (Å²) in [5.41, 5.74) is 1.92. The number of halogens is 1. The third kappa shape index (κ3) is 4.20. The van der Waals surface area contributed by atoms with Crippen LogP contribution < -0.4 is 10.1 Å². The number of carbonyl (C=O) groups is 1. The predicted octanol–water partition coefficient (Wildman–Crippen LogP) is 3.12. The van der Waals surface area contributed by atoms with Gasteiger partial charge in [-0.05, 0) is 18.6 Å². The molecule has 3 rings (SSSR count). The van der Waals surface area contributed by atoms with Crippen molar-refractivity contribution in [1.29, 1.82) is 0 Å². The van der Waals surface area contributed by atoms with Crippen molar-refractivity contribution >= 4 is 24.0 Å². The molecule has 2 aromatic rings. The second kappa shape index (κ2) is 8.83. The highest BCUT2D eigenvalue weighted by Crippen LogP contribution is 2.32. The Labute approximate surface area is 163 Å². The van der Waals surface area contributed by atoms with Crippen LogP contribution in [-0.2, 0) is 0 Å². The molecule has 0 saturated carbocycles. The van der Waals surface area contributed by atoms with Gasteiger partial charge in [0.05, 0.1) is 18.1 Å². The number of nitro benzene ring substituents is 1. The summed E-state index contributed by atoms with van der Waals surface area (Å²) in [6.07, 6.45) is 0. The Morgan fingerprint density at radius 3 is 2.74 bits per heavy atom. The van der Waals surface area contributed by atoms with Crippen molar-refractivity contribution in [2.24, 2.45) is 0 Å². The van der Waals surface area contributed by atoms with Crippen LogP contribution in [0.2, 0.25) is 0 Å². The molecule has 0 bridgehead atoms. The quantitative estimate of drug-likeness (QED) is 0.639. The maximum absolute atomic E-state index is 13.2. The van der Waals surface area contributed by atoms with Crippen LogP contribution in [0.25, 0.3) is 0 Å². The maximum atomic E-state index is 13.2. The van der Waals surface area contributed by atoms with Gasteiger partial charge in [-0.1, -0.05) is 24.3 Å². The lowest BCUT2D eigenvalue weighted by molar-refractivity contribution is -0.384. The molecule has 1 amide bonds. The minimum atomic E-state index is -0.480. The number of nitrogens with one attached hydrogen (secondary N) is 1. The molecule has 27 heavy (non-hydrogen) atoms. The third-order valence-electron chi connectivity index (χ3n) is 4.66. The summed E-state index contributed by atoms with van der Waals surface area (Å²) in [6, 6.07) is 11.8. The van der Waals surface area contributed by atoms with E-state index in [-0.39, 0.29) is 30.0 Å². The molecule has 1 saturated heterocycles. The number of amides is 1. The van der Waals surface area contributed by atoms with Crippen molar-refractivity contribution in [2.75, 3.05) is 26.7 Å². The molecule has 2 aromatic carbocycles. The van der Waals surface area contributed by atoms with Crippen molar-refractivity contribution in [3.05, 3.63) is 69.3 Å². The monoisotopic (exact) mass is 391 g/mol. The predicted molar refractivity (Wildman–Crippen MR) is 105 cm³/mol. The Bertz CT molecular complexity index is 843. The number of aryl methyl sites for hydroxylation is 1. The molecule has 1 aliphatic rings. The van der Waals surface area contributed by atoms with Crippen LogP contribution >= 0.6 is 12.4 Å². The largest absolute Gasteiger partial charge is 0.496 e. The zero-order valence-corrected chi connectivity index (χ0v) is 16.0. The topological polar surface area (TPSA) is 84.7 Å². The standard InChI is InChI=1S/C19H21N3O4.ClH/c1-13-7-8-14(22(24)25)11-16(13)19(23)21-10-9-20-12-17(21)15-5-3-4-6-18(15)26-2;/h3-8,11,17,20H,9-10,12H2,1-2H3;1H. The van der Waals surface area contributed by atoms with E-state index >= 15 is 0 Å². The lowest BCUT2D eigenvalue weighted by Gasteiger charge is -2.37. The number of hydrogen-bond donors (Lipinski definition) is 1. The Hall–Kier alpha value is -2.64. The first-order chi connectivity index (χ1) is 12.5. The van der Waals surface area contributed by atoms with Gasteiger partial charge in [0.15, 0.2) is 0 Å². The van der Waals surface area contributed by atoms with Crippen molar-refractivity contribution in [2.45, 2.75) is 13.0 Å². The van der Waals surface area contributed by atoms with Crippen LogP contribution in [0.1, 0.15) is 27.5 Å². The van der Waals surface area contributed by atoms with Gasteiger partial charge in [0.25, 0.3) is 11.6 Å². The Morgan fingerprint density at radius 1 is 1.30 bits per heavy atom. The first-order valence-corrected chi connectivity index (χ1v) is 8.42. The molecule has 7 nitrogen and oxygen atoms in total. The van der Waals surface area contributed by atoms with Crippen molar-refractivity contribution in [3.8, 4) is 5.75 Å². The van der Waals surface area contributed by atoms with Gasteiger partial charge < -0.3 is 15.0 Å². The summed E-state index contributed by atoms with van der Waals surface area (Å²) in [4.78, 5) is 25.6. The molecule has 8 heteroatoms. The van der Waals surface area contributed by atoms with Crippen LogP contribution in [-0.4, -0.2) is 42.5 Å². The average Bonchev–Trinajstić information content (AvgIpc) is 2.67. The molecule has 0 aromatic heterocycles. The van der Waals surface area contributed by atoms with Gasteiger partial charge in [0.1, 0.15) is 5.75 Å². The molecule has 1 aliphatic heterocycles. The molecule has 1 fully saturated rings. The van der Waals surface area contributed by atoms with Crippen LogP contribution in [0, 0.1) is 17.0 Å². The summed E-state index contributed by atoms with van der Waals surface area (Å²) in [6.45, 7) is 3.58. The lowest BCUT2D eigenvalue weighted by atomic mass is 9.99. The number of hydrogen-bond acceptors (Lipinski definition) is 5. The van der Waals surface area contributed by atoms with Crippen LogP contribution in [0.3, 0.4) is 0 Å². The zero-order valence-electron chi connectivity index (χ0n) is 15.2. The molecule has 0 radical (unpaired) electrons. The molecule has 144 valence electrons. The second-order valence-corrected chi connectivity index (χ2v) is 6.22. The van der Waals surface area contributed by atoms with E-state index in [1.54, 1.807) is 25.0 Å². The van der Waals surface area contributed by atoms with Gasteiger partial charge >= 0.3 is 0 Å². The summed E-state index contributed by atoms with van der Waals surface area (Å²) in [5.74, 6) is 0.512. The Morgan fingerprint density at radius 2 is 2.04 bits per heavy atom. The molecule has 1 unspecified atom stereocenters. The number of ether oxygens (including phenoxy) is 1. The van der Waals surface area contributed by atoms with E-state index in [4.69, 9.17) is 4.74 Å². The molecular formula is C19H22ClN3O4. The fourth-order valence-electron chi connectivity index (χ4n) is 3.28. The molecule has 1 heterocycles. The van der Waals surface area contributed by atoms with Crippen LogP contribution in [0.15, 0.2) is 42.5 Å². The van der Waals surface area contributed by atoms with Crippen LogP contribution in [0.5, 0.6) is 5.75 Å². The number of rotatable bonds is 4. The number of carbonyl (C=O) groups excluding carboxylic acids is 1. The second-order valence-electron chi connectivity index (χ2n) is 6.22. The van der Waals surface area contributed by atoms with Crippen molar-refractivity contribution in [3.63, 3.8) is 0 Å². The van der Waals surface area contributed by atoms with E-state index in [0.717, 1.165) is 16.9 Å². The fraction of sp³-hybridized carbons (Fsp3) is 0.316. The molecule has 0 aliphatic carbocycles. The van der Waals surface area contributed by atoms with Crippen molar-refractivity contribution < 1.29 is 14.5 Å². The fourth-order valence-corrected chi connectivity index (χ4v) is 3.28. The highest BCUT2D eigenvalue weighted by atomic mass is 35.5. The summed E-state index contributed by atoms with van der Waals surface area (Å²) in [7, 11) is 1.60. The molecule has 1 N–H and O–H groups in total. The maximum Gasteiger partial charge on any atom is 0.270 e. The third-order valence-corrected chi connectivity index (χ3v) is 4.66. The normalized spacial score (nSPS) is 16.4. The first-order valence-electron chi connectivity index (χ1n) is 8.42. The highest BCUT2D eigenvalue weighted by molar-refractivity contribution is 5.96. The van der Waals surface area contributed by atoms with Gasteiger partial charge in [0, 0.05) is 42.9 Å². The Kier molecular flexibility index (Phi) is 6.76. The van der Waals surface area contributed by atoms with Gasteiger partial charge in [0.2, 0.25) is 0 Å². The Balaban J connectivity index is 0.00000261. The molecule has 1 atom stereocenters. The lowest BCUT2D eigenvalue weighted by Crippen LogP contribution is -2.48. The number of methoxy groups -OCH3 is 1. The summed E-state index contributed by atoms with van der Waals surface area (Å²) >= 11 is 0. The number of para-hydroxylation sites is 1. The number of piperazine rings is 1. The van der Waals surface area contributed by atoms with Gasteiger partial charge in [-0.25, -0.2) is 0 Å². The van der Waals surface area contributed by atoms with E-state index < -0.39 is 4.92 Å². The minimum absolute atomic E-state index is 0. The SMILES string of the molecule is COc1ccccc1C1CNCCN1C(=O)c1cc([N+](=O)[O-])ccc1C.Cl. The van der Waals surface area contributed by atoms with Gasteiger partial charge in [-0.15, -0.1) is 12.4 Å². The number of benzene rings is 2. The number of nitro groups is 1. The minimum Gasteiger partial charge on any atom is -0.496 e. The molecule has 0 spiro atoms. The van der Waals surface area contributed by atoms with Crippen LogP contribution in [0.4, 0.5) is 5.69 Å². The van der Waals surface area contributed by atoms with E-state index in [2.05, 4.69) is 5.32 Å². The summed E-state index contributed by atoms with van der Waals surface area (Å²) in [5, 5.41) is 14.4. The number of non-ortho nitro benzene ring substituents is 1. The van der Waals surface area contributed by atoms with Gasteiger partial charge in [-0.3, -0.25) is 14.9 Å². The van der Waals surface area contributed by atoms with E-state index in [1.165, 1.54) is 12.1 Å². The highest BCUT2D eigenvalue weighted by Gasteiger charge is 2.31. The van der Waals surface area contributed by atoms with E-state index in [0.29, 0.717) is 25.2 Å². The van der Waals surface area contributed by atoms with Crippen molar-refractivity contribution in [1.82, 2.24) is 10.2 Å². The number of nitrogens with zero attached hydrogens (tertiary/aromatic N) is 2. The van der Waals surface area contributed by atoms with E-state index in [1.807, 2.05) is 24.3 Å². The first kappa shape index (κ1) is 20.7.